The van der Waals surface area contributed by atoms with Crippen LogP contribution < -0.4 is 15.5 Å². The molecular formula is C17H20F3N3O4. The van der Waals surface area contributed by atoms with E-state index in [2.05, 4.69) is 10.6 Å². The monoisotopic (exact) mass is 387 g/mol. The van der Waals surface area contributed by atoms with Crippen LogP contribution in [0.2, 0.25) is 0 Å². The lowest BCUT2D eigenvalue weighted by Gasteiger charge is -2.32. The quantitative estimate of drug-likeness (QED) is 0.695. The number of para-hydroxylation sites is 2. The molecular weight excluding hydrogens is 367 g/mol. The molecule has 2 atom stereocenters. The summed E-state index contributed by atoms with van der Waals surface area (Å²) in [5.74, 6) is -3.02. The molecule has 1 aromatic carbocycles. The van der Waals surface area contributed by atoms with Gasteiger partial charge in [0.15, 0.2) is 0 Å². The Morgan fingerprint density at radius 1 is 1.37 bits per heavy atom. The van der Waals surface area contributed by atoms with E-state index in [4.69, 9.17) is 5.11 Å². The molecule has 1 aromatic rings. The Kier molecular flexibility index (Phi) is 6.42. The number of benzene rings is 1. The molecule has 0 aromatic heterocycles. The number of amides is 2. The summed E-state index contributed by atoms with van der Waals surface area (Å²) in [4.78, 5) is 36.2. The fraction of sp³-hybridized carbons (Fsp3) is 0.471. The standard InChI is InChI=1S/C17H20F3N3O4/c1-2-5-11(16(26)27)21-9-15(25)23-12-7-4-3-6-10(12)22-14(24)8-13(23)17(18,19)20/h3-4,6-7,11,13,21H,2,5,8-9H2,1H3,(H,22,24)(H,26,27). The number of carbonyl (C=O) groups is 3. The van der Waals surface area contributed by atoms with E-state index in [9.17, 15) is 27.6 Å². The fourth-order valence-electron chi connectivity index (χ4n) is 2.89. The van der Waals surface area contributed by atoms with Crippen LogP contribution in [0.3, 0.4) is 0 Å². The molecule has 0 saturated carbocycles. The van der Waals surface area contributed by atoms with Gasteiger partial charge in [-0.1, -0.05) is 25.5 Å². The Morgan fingerprint density at radius 2 is 2.04 bits per heavy atom. The third-order valence-electron chi connectivity index (χ3n) is 4.15. The molecule has 3 N–H and O–H groups in total. The van der Waals surface area contributed by atoms with E-state index in [1.165, 1.54) is 24.3 Å². The minimum absolute atomic E-state index is 0.0835. The first-order chi connectivity index (χ1) is 12.6. The molecule has 0 radical (unpaired) electrons. The largest absolute Gasteiger partial charge is 0.480 e. The third kappa shape index (κ3) is 4.97. The van der Waals surface area contributed by atoms with Crippen molar-refractivity contribution in [2.24, 2.45) is 0 Å². The van der Waals surface area contributed by atoms with Crippen molar-refractivity contribution in [1.29, 1.82) is 0 Å². The molecule has 0 spiro atoms. The zero-order valence-corrected chi connectivity index (χ0v) is 14.5. The van der Waals surface area contributed by atoms with Crippen LogP contribution in [0.1, 0.15) is 26.2 Å². The number of carboxylic acids is 1. The van der Waals surface area contributed by atoms with Crippen molar-refractivity contribution in [3.05, 3.63) is 24.3 Å². The van der Waals surface area contributed by atoms with E-state index in [1.807, 2.05) is 0 Å². The summed E-state index contributed by atoms with van der Waals surface area (Å²) in [7, 11) is 0. The van der Waals surface area contributed by atoms with E-state index in [-0.39, 0.29) is 17.8 Å². The number of halogens is 3. The molecule has 1 heterocycles. The maximum Gasteiger partial charge on any atom is 0.409 e. The Bertz CT molecular complexity index is 724. The Labute approximate surface area is 153 Å². The third-order valence-corrected chi connectivity index (χ3v) is 4.15. The van der Waals surface area contributed by atoms with Gasteiger partial charge in [-0.25, -0.2) is 0 Å². The SMILES string of the molecule is CCCC(NCC(=O)N1c2ccccc2NC(=O)CC1C(F)(F)F)C(=O)O. The van der Waals surface area contributed by atoms with Gasteiger partial charge in [-0.15, -0.1) is 0 Å². The smallest absolute Gasteiger partial charge is 0.409 e. The van der Waals surface area contributed by atoms with Crippen molar-refractivity contribution in [2.45, 2.75) is 44.4 Å². The Balaban J connectivity index is 2.34. The second kappa shape index (κ2) is 8.38. The molecule has 148 valence electrons. The molecule has 2 rings (SSSR count). The maximum atomic E-state index is 13.6. The highest BCUT2D eigenvalue weighted by atomic mass is 19.4. The van der Waals surface area contributed by atoms with Gasteiger partial charge in [-0.2, -0.15) is 13.2 Å². The van der Waals surface area contributed by atoms with E-state index in [0.717, 1.165) is 0 Å². The van der Waals surface area contributed by atoms with Crippen LogP contribution >= 0.6 is 0 Å². The minimum atomic E-state index is -4.83. The summed E-state index contributed by atoms with van der Waals surface area (Å²) in [5, 5.41) is 14.0. The number of carbonyl (C=O) groups excluding carboxylic acids is 2. The van der Waals surface area contributed by atoms with Crippen LogP contribution in [0, 0.1) is 0 Å². The zero-order chi connectivity index (χ0) is 20.2. The number of alkyl halides is 3. The van der Waals surface area contributed by atoms with Gasteiger partial charge >= 0.3 is 12.1 Å². The second-order valence-corrected chi connectivity index (χ2v) is 6.15. The predicted octanol–water partition coefficient (Wildman–Crippen LogP) is 2.14. The van der Waals surface area contributed by atoms with Gasteiger partial charge in [0.2, 0.25) is 11.8 Å². The molecule has 0 aliphatic carbocycles. The average molecular weight is 387 g/mol. The number of anilines is 2. The first kappa shape index (κ1) is 20.7. The molecule has 27 heavy (non-hydrogen) atoms. The van der Waals surface area contributed by atoms with Crippen LogP contribution in [-0.2, 0) is 14.4 Å². The highest BCUT2D eigenvalue weighted by Gasteiger charge is 2.48. The van der Waals surface area contributed by atoms with Crippen molar-refractivity contribution in [2.75, 3.05) is 16.8 Å². The normalized spacial score (nSPS) is 18.3. The molecule has 0 fully saturated rings. The molecule has 0 bridgehead atoms. The molecule has 7 nitrogen and oxygen atoms in total. The lowest BCUT2D eigenvalue weighted by atomic mass is 10.1. The van der Waals surface area contributed by atoms with Crippen molar-refractivity contribution in [1.82, 2.24) is 5.32 Å². The van der Waals surface area contributed by atoms with Gasteiger partial charge in [0.25, 0.3) is 0 Å². The van der Waals surface area contributed by atoms with Crippen LogP contribution in [0.25, 0.3) is 0 Å². The summed E-state index contributed by atoms with van der Waals surface area (Å²) in [6.07, 6.45) is -5.03. The van der Waals surface area contributed by atoms with Crippen LogP contribution in [0.5, 0.6) is 0 Å². The van der Waals surface area contributed by atoms with Gasteiger partial charge in [0.05, 0.1) is 24.3 Å². The summed E-state index contributed by atoms with van der Waals surface area (Å²) in [6.45, 7) is 1.15. The average Bonchev–Trinajstić information content (AvgIpc) is 2.73. The number of carboxylic acid groups (broad SMARTS) is 1. The topological polar surface area (TPSA) is 98.7 Å². The maximum absolute atomic E-state index is 13.6. The van der Waals surface area contributed by atoms with E-state index < -0.39 is 49.0 Å². The minimum Gasteiger partial charge on any atom is -0.480 e. The number of aliphatic carboxylic acids is 1. The van der Waals surface area contributed by atoms with Gasteiger partial charge in [-0.05, 0) is 18.6 Å². The first-order valence-electron chi connectivity index (χ1n) is 8.39. The second-order valence-electron chi connectivity index (χ2n) is 6.15. The van der Waals surface area contributed by atoms with Gasteiger partial charge < -0.3 is 10.4 Å². The van der Waals surface area contributed by atoms with Gasteiger partial charge in [0, 0.05) is 0 Å². The van der Waals surface area contributed by atoms with Crippen molar-refractivity contribution >= 4 is 29.2 Å². The number of hydrogen-bond donors (Lipinski definition) is 3. The zero-order valence-electron chi connectivity index (χ0n) is 14.5. The highest BCUT2D eigenvalue weighted by Crippen LogP contribution is 2.37. The van der Waals surface area contributed by atoms with E-state index in [1.54, 1.807) is 6.92 Å². The molecule has 0 saturated heterocycles. The summed E-state index contributed by atoms with van der Waals surface area (Å²) < 4.78 is 40.7. The van der Waals surface area contributed by atoms with E-state index in [0.29, 0.717) is 11.3 Å². The lowest BCUT2D eigenvalue weighted by molar-refractivity contribution is -0.157. The molecule has 1 aliphatic heterocycles. The number of rotatable bonds is 6. The van der Waals surface area contributed by atoms with Crippen LogP contribution in [-0.4, -0.2) is 47.7 Å². The van der Waals surface area contributed by atoms with Crippen molar-refractivity contribution < 1.29 is 32.7 Å². The van der Waals surface area contributed by atoms with Crippen LogP contribution in [0.4, 0.5) is 24.5 Å². The number of nitrogens with one attached hydrogen (secondary N) is 2. The molecule has 2 amide bonds. The first-order valence-corrected chi connectivity index (χ1v) is 8.39. The molecule has 10 heteroatoms. The molecule has 2 unspecified atom stereocenters. The van der Waals surface area contributed by atoms with Crippen molar-refractivity contribution in [3.63, 3.8) is 0 Å². The van der Waals surface area contributed by atoms with Gasteiger partial charge in [-0.3, -0.25) is 24.6 Å². The fourth-order valence-corrected chi connectivity index (χ4v) is 2.89. The highest BCUT2D eigenvalue weighted by molar-refractivity contribution is 6.05. The van der Waals surface area contributed by atoms with Gasteiger partial charge in [0.1, 0.15) is 12.1 Å². The number of hydrogen-bond acceptors (Lipinski definition) is 4. The molecule has 1 aliphatic rings. The predicted molar refractivity (Wildman–Crippen MR) is 91.4 cm³/mol. The van der Waals surface area contributed by atoms with E-state index >= 15 is 0 Å². The number of fused-ring (bicyclic) bond motifs is 1. The van der Waals surface area contributed by atoms with Crippen LogP contribution in [0.15, 0.2) is 24.3 Å². The lowest BCUT2D eigenvalue weighted by Crippen LogP contribution is -2.53. The summed E-state index contributed by atoms with van der Waals surface area (Å²) in [5.41, 5.74) is 0.00536. The Morgan fingerprint density at radius 3 is 2.63 bits per heavy atom. The number of nitrogens with zero attached hydrogens (tertiary/aromatic N) is 1. The van der Waals surface area contributed by atoms with Crippen molar-refractivity contribution in [3.8, 4) is 0 Å². The summed E-state index contributed by atoms with van der Waals surface area (Å²) >= 11 is 0. The Hall–Kier alpha value is -2.62. The summed E-state index contributed by atoms with van der Waals surface area (Å²) in [6, 6.07) is 2.29.